The highest BCUT2D eigenvalue weighted by atomic mass is 16.3. The molecule has 2 fully saturated rings. The Hall–Kier alpha value is -0.160. The average Bonchev–Trinajstić information content (AvgIpc) is 2.37. The largest absolute Gasteiger partial charge is 0.390 e. The number of hydrogen-bond donors (Lipinski definition) is 2. The van der Waals surface area contributed by atoms with Gasteiger partial charge < -0.3 is 10.4 Å². The summed E-state index contributed by atoms with van der Waals surface area (Å²) in [4.78, 5) is 5.14. The molecule has 2 saturated heterocycles. The molecule has 0 aromatic heterocycles. The molecule has 0 radical (unpaired) electrons. The minimum absolute atomic E-state index is 0.250. The fourth-order valence-electron chi connectivity index (χ4n) is 3.37. The summed E-state index contributed by atoms with van der Waals surface area (Å²) >= 11 is 0. The second-order valence-corrected chi connectivity index (χ2v) is 6.66. The van der Waals surface area contributed by atoms with E-state index in [4.69, 9.17) is 0 Å². The molecule has 4 heteroatoms. The summed E-state index contributed by atoms with van der Waals surface area (Å²) in [6, 6.07) is 1.75. The van der Waals surface area contributed by atoms with Crippen molar-refractivity contribution in [3.05, 3.63) is 0 Å². The van der Waals surface area contributed by atoms with Gasteiger partial charge in [-0.1, -0.05) is 20.3 Å². The van der Waals surface area contributed by atoms with Crippen molar-refractivity contribution in [2.24, 2.45) is 0 Å². The molecule has 3 unspecified atom stereocenters. The van der Waals surface area contributed by atoms with Gasteiger partial charge in [-0.15, -0.1) is 0 Å². The summed E-state index contributed by atoms with van der Waals surface area (Å²) in [6.45, 7) is 11.6. The van der Waals surface area contributed by atoms with Gasteiger partial charge in [0.05, 0.1) is 6.10 Å². The Balaban J connectivity index is 1.79. The molecular weight excluding hydrogens is 238 g/mol. The first-order chi connectivity index (χ1) is 9.06. The molecule has 2 aliphatic rings. The Morgan fingerprint density at radius 3 is 2.79 bits per heavy atom. The first kappa shape index (κ1) is 15.2. The Morgan fingerprint density at radius 1 is 1.26 bits per heavy atom. The summed E-state index contributed by atoms with van der Waals surface area (Å²) < 4.78 is 0. The van der Waals surface area contributed by atoms with E-state index < -0.39 is 0 Å². The van der Waals surface area contributed by atoms with Crippen molar-refractivity contribution >= 4 is 0 Å². The molecule has 112 valence electrons. The van der Waals surface area contributed by atoms with Crippen molar-refractivity contribution in [2.75, 3.05) is 32.7 Å². The third kappa shape index (κ3) is 4.42. The van der Waals surface area contributed by atoms with E-state index in [1.807, 2.05) is 0 Å². The van der Waals surface area contributed by atoms with Crippen LogP contribution in [0.15, 0.2) is 0 Å². The molecule has 0 aromatic carbocycles. The lowest BCUT2D eigenvalue weighted by molar-refractivity contribution is -0.00704. The summed E-state index contributed by atoms with van der Waals surface area (Å²) in [5, 5.41) is 13.5. The van der Waals surface area contributed by atoms with Crippen molar-refractivity contribution < 1.29 is 5.11 Å². The third-order valence-electron chi connectivity index (χ3n) is 4.52. The molecule has 0 spiro atoms. The number of nitrogens with one attached hydrogen (secondary N) is 1. The first-order valence-corrected chi connectivity index (χ1v) is 7.96. The van der Waals surface area contributed by atoms with Gasteiger partial charge in [0.2, 0.25) is 0 Å². The minimum Gasteiger partial charge on any atom is -0.390 e. The van der Waals surface area contributed by atoms with Crippen molar-refractivity contribution in [3.63, 3.8) is 0 Å². The van der Waals surface area contributed by atoms with E-state index in [2.05, 4.69) is 35.9 Å². The Bertz CT molecular complexity index is 272. The minimum atomic E-state index is -0.250. The van der Waals surface area contributed by atoms with Gasteiger partial charge in [0.25, 0.3) is 0 Å². The molecule has 2 aliphatic heterocycles. The maximum absolute atomic E-state index is 10.1. The van der Waals surface area contributed by atoms with Crippen molar-refractivity contribution in [2.45, 2.75) is 64.3 Å². The van der Waals surface area contributed by atoms with Gasteiger partial charge >= 0.3 is 0 Å². The van der Waals surface area contributed by atoms with Gasteiger partial charge in [0, 0.05) is 44.3 Å². The summed E-state index contributed by atoms with van der Waals surface area (Å²) in [6.07, 6.45) is 3.83. The molecule has 0 aromatic rings. The molecule has 2 N–H and O–H groups in total. The van der Waals surface area contributed by atoms with Crippen LogP contribution in [0, 0.1) is 0 Å². The Labute approximate surface area is 118 Å². The van der Waals surface area contributed by atoms with Crippen LogP contribution in [-0.2, 0) is 0 Å². The quantitative estimate of drug-likeness (QED) is 0.778. The lowest BCUT2D eigenvalue weighted by atomic mass is 9.97. The zero-order valence-corrected chi connectivity index (χ0v) is 12.8. The molecule has 19 heavy (non-hydrogen) atoms. The number of piperazine rings is 1. The molecule has 3 atom stereocenters. The molecule has 0 aliphatic carbocycles. The monoisotopic (exact) mass is 269 g/mol. The van der Waals surface area contributed by atoms with Crippen molar-refractivity contribution in [3.8, 4) is 0 Å². The number of fused-ring (bicyclic) bond motifs is 1. The van der Waals surface area contributed by atoms with E-state index >= 15 is 0 Å². The van der Waals surface area contributed by atoms with Crippen LogP contribution in [0.1, 0.15) is 40.0 Å². The number of piperidine rings is 1. The van der Waals surface area contributed by atoms with Crippen LogP contribution in [0.2, 0.25) is 0 Å². The average molecular weight is 269 g/mol. The molecule has 0 amide bonds. The number of β-amino-alcohol motifs (C(OH)–C–C–N with tert-alkyl or cyclic N) is 1. The van der Waals surface area contributed by atoms with Gasteiger partial charge in [-0.25, -0.2) is 0 Å². The van der Waals surface area contributed by atoms with E-state index in [0.717, 1.165) is 19.1 Å². The summed E-state index contributed by atoms with van der Waals surface area (Å²) in [5.74, 6) is 0. The van der Waals surface area contributed by atoms with Gasteiger partial charge in [-0.2, -0.15) is 0 Å². The first-order valence-electron chi connectivity index (χ1n) is 7.96. The highest BCUT2D eigenvalue weighted by Crippen LogP contribution is 2.23. The number of nitrogens with zero attached hydrogens (tertiary/aromatic N) is 2. The Morgan fingerprint density at radius 2 is 2.05 bits per heavy atom. The van der Waals surface area contributed by atoms with Gasteiger partial charge in [0.1, 0.15) is 0 Å². The number of hydrogen-bond acceptors (Lipinski definition) is 4. The van der Waals surface area contributed by atoms with Gasteiger partial charge in [-0.3, -0.25) is 9.80 Å². The number of aliphatic hydroxyl groups is 1. The van der Waals surface area contributed by atoms with E-state index in [0.29, 0.717) is 18.6 Å². The predicted octanol–water partition coefficient (Wildman–Crippen LogP) is 0.904. The lowest BCUT2D eigenvalue weighted by Crippen LogP contribution is -2.60. The van der Waals surface area contributed by atoms with Crippen LogP contribution < -0.4 is 5.32 Å². The Kier molecular flexibility index (Phi) is 5.63. The lowest BCUT2D eigenvalue weighted by Gasteiger charge is -2.48. The van der Waals surface area contributed by atoms with Gasteiger partial charge in [0.15, 0.2) is 0 Å². The second-order valence-electron chi connectivity index (χ2n) is 6.66. The highest BCUT2D eigenvalue weighted by Gasteiger charge is 2.33. The molecule has 2 rings (SSSR count). The fraction of sp³-hybridized carbons (Fsp3) is 1.00. The maximum atomic E-state index is 10.1. The van der Waals surface area contributed by atoms with Crippen molar-refractivity contribution in [1.29, 1.82) is 0 Å². The van der Waals surface area contributed by atoms with E-state index in [9.17, 15) is 5.11 Å². The third-order valence-corrected chi connectivity index (χ3v) is 4.52. The van der Waals surface area contributed by atoms with Crippen LogP contribution >= 0.6 is 0 Å². The van der Waals surface area contributed by atoms with Gasteiger partial charge in [-0.05, 0) is 26.3 Å². The van der Waals surface area contributed by atoms with E-state index in [1.54, 1.807) is 0 Å². The van der Waals surface area contributed by atoms with Crippen LogP contribution in [-0.4, -0.2) is 71.9 Å². The molecule has 4 nitrogen and oxygen atoms in total. The molecule has 0 saturated carbocycles. The van der Waals surface area contributed by atoms with E-state index in [-0.39, 0.29) is 6.10 Å². The molecule has 0 bridgehead atoms. The summed E-state index contributed by atoms with van der Waals surface area (Å²) in [5.41, 5.74) is 0. The number of aliphatic hydroxyl groups excluding tert-OH is 1. The predicted molar refractivity (Wildman–Crippen MR) is 79.4 cm³/mol. The zero-order chi connectivity index (χ0) is 13.8. The zero-order valence-electron chi connectivity index (χ0n) is 12.8. The van der Waals surface area contributed by atoms with Crippen LogP contribution in [0.5, 0.6) is 0 Å². The summed E-state index contributed by atoms with van der Waals surface area (Å²) in [7, 11) is 0. The molecular formula is C15H31N3O. The standard InChI is InChI=1S/C15H31N3O/c1-12(2)16-8-15(19)11-18-10-14-6-4-5-7-17(14)9-13(18)3/h12-16,19H,4-11H2,1-3H3. The smallest absolute Gasteiger partial charge is 0.0791 e. The fourth-order valence-corrected chi connectivity index (χ4v) is 3.37. The van der Waals surface area contributed by atoms with Crippen LogP contribution in [0.25, 0.3) is 0 Å². The highest BCUT2D eigenvalue weighted by molar-refractivity contribution is 4.89. The van der Waals surface area contributed by atoms with Crippen LogP contribution in [0.3, 0.4) is 0 Å². The SMILES string of the molecule is CC(C)NCC(O)CN1CC2CCCCN2CC1C. The molecule has 2 heterocycles. The maximum Gasteiger partial charge on any atom is 0.0791 e. The topological polar surface area (TPSA) is 38.7 Å². The number of rotatable bonds is 5. The van der Waals surface area contributed by atoms with Crippen molar-refractivity contribution in [1.82, 2.24) is 15.1 Å². The normalized spacial score (nSPS) is 31.4. The second kappa shape index (κ2) is 7.02. The van der Waals surface area contributed by atoms with Crippen LogP contribution in [0.4, 0.5) is 0 Å². The van der Waals surface area contributed by atoms with E-state index in [1.165, 1.54) is 32.4 Å².